The minimum Gasteiger partial charge on any atom is -0.464 e. The first-order valence-corrected chi connectivity index (χ1v) is 11.1. The van der Waals surface area contributed by atoms with Gasteiger partial charge in [-0.3, -0.25) is 9.59 Å². The van der Waals surface area contributed by atoms with Gasteiger partial charge in [-0.1, -0.05) is 57.0 Å². The molecule has 3 rings (SSSR count). The largest absolute Gasteiger partial charge is 0.464 e. The van der Waals surface area contributed by atoms with Crippen molar-refractivity contribution in [2.45, 2.75) is 59.5 Å². The van der Waals surface area contributed by atoms with E-state index in [1.165, 1.54) is 0 Å². The van der Waals surface area contributed by atoms with E-state index < -0.39 is 0 Å². The van der Waals surface area contributed by atoms with Crippen LogP contribution in [0, 0.1) is 18.8 Å². The molecule has 1 saturated carbocycles. The Morgan fingerprint density at radius 2 is 1.70 bits per heavy atom. The number of hydrogen-bond donors (Lipinski definition) is 0. The molecule has 1 aromatic carbocycles. The molecule has 2 aromatic rings. The van der Waals surface area contributed by atoms with Crippen molar-refractivity contribution in [3.63, 3.8) is 0 Å². The zero-order valence-corrected chi connectivity index (χ0v) is 18.5. The lowest BCUT2D eigenvalue weighted by Crippen LogP contribution is -2.45. The highest BCUT2D eigenvalue weighted by molar-refractivity contribution is 5.86. The quantitative estimate of drug-likeness (QED) is 0.597. The molecule has 1 aliphatic rings. The van der Waals surface area contributed by atoms with Gasteiger partial charge in [-0.05, 0) is 43.4 Å². The van der Waals surface area contributed by atoms with E-state index in [4.69, 9.17) is 4.42 Å². The average molecular weight is 411 g/mol. The van der Waals surface area contributed by atoms with Crippen LogP contribution in [0.25, 0.3) is 0 Å². The van der Waals surface area contributed by atoms with Crippen LogP contribution >= 0.6 is 0 Å². The Hall–Kier alpha value is -2.56. The Kier molecular flexibility index (Phi) is 7.72. The highest BCUT2D eigenvalue weighted by Crippen LogP contribution is 2.27. The Labute approximate surface area is 180 Å². The molecule has 5 heteroatoms. The maximum atomic E-state index is 13.4. The van der Waals surface area contributed by atoms with Gasteiger partial charge in [0.1, 0.15) is 11.5 Å². The monoisotopic (exact) mass is 410 g/mol. The summed E-state index contributed by atoms with van der Waals surface area (Å²) in [5.41, 5.74) is 1.06. The average Bonchev–Trinajstić information content (AvgIpc) is 3.39. The molecule has 1 heterocycles. The molecule has 0 saturated heterocycles. The topological polar surface area (TPSA) is 53.8 Å². The van der Waals surface area contributed by atoms with E-state index in [0.717, 1.165) is 42.8 Å². The molecule has 0 atom stereocenters. The molecule has 0 unspecified atom stereocenters. The van der Waals surface area contributed by atoms with Gasteiger partial charge < -0.3 is 14.2 Å². The molecule has 1 aliphatic carbocycles. The summed E-state index contributed by atoms with van der Waals surface area (Å²) in [5, 5.41) is 0. The predicted octanol–water partition coefficient (Wildman–Crippen LogP) is 4.79. The van der Waals surface area contributed by atoms with Gasteiger partial charge in [0, 0.05) is 19.0 Å². The van der Waals surface area contributed by atoms with Crippen LogP contribution in [0.3, 0.4) is 0 Å². The van der Waals surface area contributed by atoms with E-state index in [-0.39, 0.29) is 24.3 Å². The lowest BCUT2D eigenvalue weighted by atomic mass is 10.1. The maximum Gasteiger partial charge on any atom is 0.242 e. The van der Waals surface area contributed by atoms with Gasteiger partial charge in [0.25, 0.3) is 0 Å². The lowest BCUT2D eigenvalue weighted by Gasteiger charge is -2.30. The molecule has 0 spiro atoms. The number of carbonyl (C=O) groups excluding carboxylic acids is 2. The third kappa shape index (κ3) is 6.22. The molecular formula is C25H34N2O3. The summed E-state index contributed by atoms with van der Waals surface area (Å²) < 4.78 is 5.73. The van der Waals surface area contributed by atoms with Gasteiger partial charge >= 0.3 is 0 Å². The lowest BCUT2D eigenvalue weighted by molar-refractivity contribution is -0.144. The van der Waals surface area contributed by atoms with E-state index in [1.807, 2.05) is 49.4 Å². The first-order chi connectivity index (χ1) is 14.4. The molecule has 162 valence electrons. The summed E-state index contributed by atoms with van der Waals surface area (Å²) in [5.74, 6) is 2.08. The van der Waals surface area contributed by atoms with Crippen LogP contribution in [0.1, 0.15) is 56.6 Å². The molecule has 0 radical (unpaired) electrons. The minimum absolute atomic E-state index is 0.0418. The van der Waals surface area contributed by atoms with Crippen molar-refractivity contribution in [1.29, 1.82) is 0 Å². The van der Waals surface area contributed by atoms with Crippen LogP contribution in [0.2, 0.25) is 0 Å². The van der Waals surface area contributed by atoms with Gasteiger partial charge in [-0.25, -0.2) is 0 Å². The molecule has 0 bridgehead atoms. The van der Waals surface area contributed by atoms with Gasteiger partial charge in [-0.15, -0.1) is 0 Å². The van der Waals surface area contributed by atoms with Crippen molar-refractivity contribution in [2.75, 3.05) is 13.1 Å². The minimum atomic E-state index is -0.0418. The van der Waals surface area contributed by atoms with Crippen molar-refractivity contribution < 1.29 is 14.0 Å². The third-order valence-electron chi connectivity index (χ3n) is 5.64. The number of amides is 2. The first kappa shape index (κ1) is 22.1. The maximum absolute atomic E-state index is 13.4. The molecule has 2 amide bonds. The predicted molar refractivity (Wildman–Crippen MR) is 118 cm³/mol. The molecule has 0 N–H and O–H groups in total. The second kappa shape index (κ2) is 10.5. The van der Waals surface area contributed by atoms with Gasteiger partial charge in [0.2, 0.25) is 11.8 Å². The molecule has 1 aromatic heterocycles. The van der Waals surface area contributed by atoms with E-state index in [2.05, 4.69) is 13.8 Å². The van der Waals surface area contributed by atoms with Crippen molar-refractivity contribution in [1.82, 2.24) is 9.80 Å². The van der Waals surface area contributed by atoms with Crippen LogP contribution < -0.4 is 0 Å². The van der Waals surface area contributed by atoms with E-state index in [1.54, 1.807) is 9.80 Å². The molecule has 5 nitrogen and oxygen atoms in total. The molecule has 30 heavy (non-hydrogen) atoms. The van der Waals surface area contributed by atoms with E-state index in [0.29, 0.717) is 25.6 Å². The molecular weight excluding hydrogens is 376 g/mol. The Balaban J connectivity index is 1.75. The van der Waals surface area contributed by atoms with Crippen molar-refractivity contribution >= 4 is 11.8 Å². The van der Waals surface area contributed by atoms with Crippen LogP contribution in [0.4, 0.5) is 0 Å². The summed E-state index contributed by atoms with van der Waals surface area (Å²) in [6, 6.07) is 13.8. The van der Waals surface area contributed by atoms with Crippen molar-refractivity contribution in [3.8, 4) is 0 Å². The fourth-order valence-electron chi connectivity index (χ4n) is 4.16. The number of hydrogen-bond acceptors (Lipinski definition) is 3. The summed E-state index contributed by atoms with van der Waals surface area (Å²) in [6.45, 7) is 7.71. The SMILES string of the molecule is Cc1ccc(CN(Cc2ccccc2)C(=O)CN(CC(C)C)C(=O)C2CCCC2)o1. The molecule has 0 aliphatic heterocycles. The number of benzene rings is 1. The first-order valence-electron chi connectivity index (χ1n) is 11.1. The third-order valence-corrected chi connectivity index (χ3v) is 5.64. The van der Waals surface area contributed by atoms with Crippen LogP contribution in [0.5, 0.6) is 0 Å². The highest BCUT2D eigenvalue weighted by Gasteiger charge is 2.30. The second-order valence-corrected chi connectivity index (χ2v) is 8.84. The van der Waals surface area contributed by atoms with E-state index in [9.17, 15) is 9.59 Å². The second-order valence-electron chi connectivity index (χ2n) is 8.84. The summed E-state index contributed by atoms with van der Waals surface area (Å²) in [6.07, 6.45) is 4.11. The summed E-state index contributed by atoms with van der Waals surface area (Å²) in [4.78, 5) is 30.0. The fourth-order valence-corrected chi connectivity index (χ4v) is 4.16. The zero-order valence-electron chi connectivity index (χ0n) is 18.5. The fraction of sp³-hybridized carbons (Fsp3) is 0.520. The van der Waals surface area contributed by atoms with Crippen molar-refractivity contribution in [2.24, 2.45) is 11.8 Å². The summed E-state index contributed by atoms with van der Waals surface area (Å²) in [7, 11) is 0. The van der Waals surface area contributed by atoms with Crippen LogP contribution in [0.15, 0.2) is 46.9 Å². The van der Waals surface area contributed by atoms with Crippen molar-refractivity contribution in [3.05, 3.63) is 59.5 Å². The Morgan fingerprint density at radius 3 is 2.30 bits per heavy atom. The smallest absolute Gasteiger partial charge is 0.242 e. The number of carbonyl (C=O) groups is 2. The van der Waals surface area contributed by atoms with Crippen LogP contribution in [-0.2, 0) is 22.7 Å². The normalized spacial score (nSPS) is 14.3. The Morgan fingerprint density at radius 1 is 1.00 bits per heavy atom. The molecule has 1 fully saturated rings. The number of aryl methyl sites for hydroxylation is 1. The Bertz CT molecular complexity index is 822. The van der Waals surface area contributed by atoms with Crippen LogP contribution in [-0.4, -0.2) is 34.7 Å². The van der Waals surface area contributed by atoms with E-state index >= 15 is 0 Å². The highest BCUT2D eigenvalue weighted by atomic mass is 16.3. The zero-order chi connectivity index (χ0) is 21.5. The van der Waals surface area contributed by atoms with Gasteiger partial charge in [0.05, 0.1) is 13.1 Å². The summed E-state index contributed by atoms with van der Waals surface area (Å²) >= 11 is 0. The number of nitrogens with zero attached hydrogens (tertiary/aromatic N) is 2. The van der Waals surface area contributed by atoms with Gasteiger partial charge in [-0.2, -0.15) is 0 Å². The standard InChI is InChI=1S/C25H34N2O3/c1-19(2)15-27(25(29)22-11-7-8-12-22)18-24(28)26(16-21-9-5-4-6-10-21)17-23-14-13-20(3)30-23/h4-6,9-10,13-14,19,22H,7-8,11-12,15-18H2,1-3H3. The number of rotatable bonds is 9. The van der Waals surface area contributed by atoms with Gasteiger partial charge in [0.15, 0.2) is 0 Å². The number of furan rings is 1.